The highest BCUT2D eigenvalue weighted by Crippen LogP contribution is 2.15. The van der Waals surface area contributed by atoms with Crippen LogP contribution in [0, 0.1) is 0 Å². The summed E-state index contributed by atoms with van der Waals surface area (Å²) >= 11 is 0. The van der Waals surface area contributed by atoms with Crippen molar-refractivity contribution in [1.29, 1.82) is 0 Å². The van der Waals surface area contributed by atoms with E-state index in [-0.39, 0.29) is 6.04 Å². The van der Waals surface area contributed by atoms with Crippen LogP contribution < -0.4 is 11.3 Å². The van der Waals surface area contributed by atoms with Gasteiger partial charge in [0.25, 0.3) is 0 Å². The van der Waals surface area contributed by atoms with Gasteiger partial charge in [0.15, 0.2) is 0 Å². The Morgan fingerprint density at radius 2 is 2.57 bits per heavy atom. The minimum atomic E-state index is 0.113. The summed E-state index contributed by atoms with van der Waals surface area (Å²) in [6.45, 7) is 6.77. The molecule has 1 atom stereocenters. The molecule has 0 saturated carbocycles. The molecule has 4 nitrogen and oxygen atoms in total. The molecule has 0 amide bonds. The zero-order valence-electron chi connectivity index (χ0n) is 8.61. The maximum atomic E-state index is 5.48. The van der Waals surface area contributed by atoms with E-state index in [0.29, 0.717) is 0 Å². The fraction of sp³-hybridized carbons (Fsp3) is 0.500. The van der Waals surface area contributed by atoms with Crippen molar-refractivity contribution in [1.82, 2.24) is 15.2 Å². The quantitative estimate of drug-likeness (QED) is 0.408. The lowest BCUT2D eigenvalue weighted by atomic mass is 10.1. The second-order valence-electron chi connectivity index (χ2n) is 3.22. The molecule has 0 bridgehead atoms. The Bertz CT molecular complexity index is 279. The van der Waals surface area contributed by atoms with Crippen LogP contribution in [0.1, 0.15) is 31.5 Å². The zero-order chi connectivity index (χ0) is 10.4. The van der Waals surface area contributed by atoms with Gasteiger partial charge in [-0.25, -0.2) is 0 Å². The number of nitrogens with one attached hydrogen (secondary N) is 1. The Morgan fingerprint density at radius 3 is 3.14 bits per heavy atom. The van der Waals surface area contributed by atoms with Crippen molar-refractivity contribution in [2.75, 3.05) is 0 Å². The summed E-state index contributed by atoms with van der Waals surface area (Å²) in [5, 5.41) is 4.24. The van der Waals surface area contributed by atoms with Gasteiger partial charge in [0.2, 0.25) is 0 Å². The number of nitrogens with zero attached hydrogens (tertiary/aromatic N) is 2. The predicted molar refractivity (Wildman–Crippen MR) is 57.4 cm³/mol. The van der Waals surface area contributed by atoms with Crippen LogP contribution in [0.25, 0.3) is 0 Å². The number of rotatable bonds is 6. The first-order valence-corrected chi connectivity index (χ1v) is 4.92. The van der Waals surface area contributed by atoms with Crippen molar-refractivity contribution in [3.8, 4) is 0 Å². The molecular weight excluding hydrogens is 176 g/mol. The number of nitrogens with two attached hydrogens (primary N) is 1. The molecule has 14 heavy (non-hydrogen) atoms. The minimum absolute atomic E-state index is 0.113. The third-order valence-electron chi connectivity index (χ3n) is 2.15. The average molecular weight is 194 g/mol. The highest BCUT2D eigenvalue weighted by atomic mass is 15.3. The lowest BCUT2D eigenvalue weighted by molar-refractivity contribution is 0.483. The van der Waals surface area contributed by atoms with Crippen LogP contribution in [0.4, 0.5) is 0 Å². The summed E-state index contributed by atoms with van der Waals surface area (Å²) in [5.74, 6) is 5.48. The van der Waals surface area contributed by atoms with Gasteiger partial charge in [-0.3, -0.25) is 16.0 Å². The Morgan fingerprint density at radius 1 is 1.79 bits per heavy atom. The van der Waals surface area contributed by atoms with E-state index in [1.807, 2.05) is 16.8 Å². The molecule has 0 fully saturated rings. The number of hydrogen-bond donors (Lipinski definition) is 2. The molecule has 1 unspecified atom stereocenters. The van der Waals surface area contributed by atoms with Gasteiger partial charge in [0, 0.05) is 12.7 Å². The summed E-state index contributed by atoms with van der Waals surface area (Å²) in [7, 11) is 0. The summed E-state index contributed by atoms with van der Waals surface area (Å²) < 4.78 is 1.98. The second-order valence-corrected chi connectivity index (χ2v) is 3.22. The van der Waals surface area contributed by atoms with Gasteiger partial charge in [0.05, 0.1) is 11.7 Å². The van der Waals surface area contributed by atoms with E-state index < -0.39 is 0 Å². The molecule has 0 aliphatic heterocycles. The monoisotopic (exact) mass is 194 g/mol. The smallest absolute Gasteiger partial charge is 0.0663 e. The second kappa shape index (κ2) is 5.57. The summed E-state index contributed by atoms with van der Waals surface area (Å²) in [6.07, 6.45) is 5.54. The molecular formula is C10H18N4. The minimum Gasteiger partial charge on any atom is -0.271 e. The van der Waals surface area contributed by atoms with E-state index in [0.717, 1.165) is 25.1 Å². The first-order chi connectivity index (χ1) is 6.83. The van der Waals surface area contributed by atoms with Crippen molar-refractivity contribution in [3.05, 3.63) is 30.6 Å². The number of hydrogen-bond acceptors (Lipinski definition) is 3. The standard InChI is InChI=1S/C10H18N4/c1-3-5-9(13-11)10-6-7-12-14(10)8-4-2/h3,6-7,9,13H,1,4-5,8,11H2,2H3. The van der Waals surface area contributed by atoms with Gasteiger partial charge in [-0.05, 0) is 18.9 Å². The van der Waals surface area contributed by atoms with Crippen LogP contribution in [0.3, 0.4) is 0 Å². The molecule has 3 N–H and O–H groups in total. The van der Waals surface area contributed by atoms with Gasteiger partial charge in [-0.15, -0.1) is 6.58 Å². The Labute approximate surface area is 84.8 Å². The Kier molecular flexibility index (Phi) is 4.35. The third-order valence-corrected chi connectivity index (χ3v) is 2.15. The van der Waals surface area contributed by atoms with Crippen LogP contribution in [0.15, 0.2) is 24.9 Å². The largest absolute Gasteiger partial charge is 0.271 e. The molecule has 4 heteroatoms. The fourth-order valence-corrected chi connectivity index (χ4v) is 1.48. The van der Waals surface area contributed by atoms with E-state index in [1.54, 1.807) is 6.20 Å². The molecule has 1 aromatic rings. The lowest BCUT2D eigenvalue weighted by Gasteiger charge is -2.15. The van der Waals surface area contributed by atoms with Gasteiger partial charge < -0.3 is 0 Å². The number of hydrazine groups is 1. The molecule has 1 aromatic heterocycles. The van der Waals surface area contributed by atoms with Gasteiger partial charge in [0.1, 0.15) is 0 Å². The van der Waals surface area contributed by atoms with Crippen molar-refractivity contribution >= 4 is 0 Å². The molecule has 0 saturated heterocycles. The lowest BCUT2D eigenvalue weighted by Crippen LogP contribution is -2.29. The van der Waals surface area contributed by atoms with Crippen molar-refractivity contribution in [2.45, 2.75) is 32.4 Å². The first-order valence-electron chi connectivity index (χ1n) is 4.92. The maximum absolute atomic E-state index is 5.48. The van der Waals surface area contributed by atoms with Crippen LogP contribution in [0.2, 0.25) is 0 Å². The number of aromatic nitrogens is 2. The van der Waals surface area contributed by atoms with Gasteiger partial charge in [-0.1, -0.05) is 13.0 Å². The van der Waals surface area contributed by atoms with Crippen LogP contribution >= 0.6 is 0 Å². The van der Waals surface area contributed by atoms with Gasteiger partial charge >= 0.3 is 0 Å². The molecule has 0 spiro atoms. The van der Waals surface area contributed by atoms with Crippen LogP contribution in [0.5, 0.6) is 0 Å². The highest BCUT2D eigenvalue weighted by molar-refractivity contribution is 5.08. The van der Waals surface area contributed by atoms with Crippen molar-refractivity contribution < 1.29 is 0 Å². The van der Waals surface area contributed by atoms with Crippen LogP contribution in [-0.4, -0.2) is 9.78 Å². The van der Waals surface area contributed by atoms with E-state index >= 15 is 0 Å². The molecule has 1 rings (SSSR count). The molecule has 0 aromatic carbocycles. The third kappa shape index (κ3) is 2.43. The Hall–Kier alpha value is -1.13. The van der Waals surface area contributed by atoms with E-state index in [9.17, 15) is 0 Å². The molecule has 0 radical (unpaired) electrons. The predicted octanol–water partition coefficient (Wildman–Crippen LogP) is 1.37. The number of aryl methyl sites for hydroxylation is 1. The fourth-order valence-electron chi connectivity index (χ4n) is 1.48. The van der Waals surface area contributed by atoms with E-state index in [1.165, 1.54) is 0 Å². The first kappa shape index (κ1) is 10.9. The van der Waals surface area contributed by atoms with E-state index in [4.69, 9.17) is 5.84 Å². The van der Waals surface area contributed by atoms with E-state index in [2.05, 4.69) is 24.0 Å². The molecule has 1 heterocycles. The average Bonchev–Trinajstić information content (AvgIpc) is 2.63. The molecule has 0 aliphatic carbocycles. The highest BCUT2D eigenvalue weighted by Gasteiger charge is 2.12. The maximum Gasteiger partial charge on any atom is 0.0663 e. The normalized spacial score (nSPS) is 12.7. The SMILES string of the molecule is C=CCC(NN)c1ccnn1CCC. The summed E-state index contributed by atoms with van der Waals surface area (Å²) in [5.41, 5.74) is 3.89. The molecule has 0 aliphatic rings. The summed E-state index contributed by atoms with van der Waals surface area (Å²) in [4.78, 5) is 0. The van der Waals surface area contributed by atoms with Crippen LogP contribution in [-0.2, 0) is 6.54 Å². The Balaban J connectivity index is 2.79. The van der Waals surface area contributed by atoms with Crippen molar-refractivity contribution in [3.63, 3.8) is 0 Å². The molecule has 78 valence electrons. The summed E-state index contributed by atoms with van der Waals surface area (Å²) in [6, 6.07) is 2.10. The topological polar surface area (TPSA) is 55.9 Å². The zero-order valence-corrected chi connectivity index (χ0v) is 8.61. The van der Waals surface area contributed by atoms with Crippen molar-refractivity contribution in [2.24, 2.45) is 5.84 Å². The van der Waals surface area contributed by atoms with Gasteiger partial charge in [-0.2, -0.15) is 5.10 Å².